The van der Waals surface area contributed by atoms with Gasteiger partial charge in [0.15, 0.2) is 0 Å². The molecule has 0 amide bonds. The molecule has 2 aromatic rings. The lowest BCUT2D eigenvalue weighted by molar-refractivity contribution is 0.293. The van der Waals surface area contributed by atoms with E-state index < -0.39 is 12.9 Å². The van der Waals surface area contributed by atoms with E-state index in [2.05, 4.69) is 0 Å². The average Bonchev–Trinajstić information content (AvgIpc) is 2.46. The van der Waals surface area contributed by atoms with Gasteiger partial charge < -0.3 is 14.8 Å². The Bertz CT molecular complexity index is 592. The second-order valence-corrected chi connectivity index (χ2v) is 5.01. The van der Waals surface area contributed by atoms with Crippen LogP contribution in [0.25, 0.3) is 0 Å². The van der Waals surface area contributed by atoms with Crippen LogP contribution >= 0.6 is 11.8 Å². The summed E-state index contributed by atoms with van der Waals surface area (Å²) in [5, 5.41) is 17.9. The van der Waals surface area contributed by atoms with Gasteiger partial charge in [0, 0.05) is 10.5 Å². The summed E-state index contributed by atoms with van der Waals surface area (Å²) in [6.07, 6.45) is 1.94. The minimum atomic E-state index is -1.67. The number of thioether (sulfide) groups is 1. The summed E-state index contributed by atoms with van der Waals surface area (Å²) >= 11 is 1.56. The Balaban J connectivity index is 2.11. The minimum Gasteiger partial charge on any atom is -0.488 e. The van der Waals surface area contributed by atoms with E-state index in [9.17, 15) is 4.39 Å². The van der Waals surface area contributed by atoms with Crippen molar-refractivity contribution in [1.29, 1.82) is 0 Å². The molecule has 6 heteroatoms. The van der Waals surface area contributed by atoms with Crippen molar-refractivity contribution in [1.82, 2.24) is 0 Å². The quantitative estimate of drug-likeness (QED) is 0.652. The van der Waals surface area contributed by atoms with E-state index in [4.69, 9.17) is 14.8 Å². The molecule has 0 bridgehead atoms. The molecule has 2 aromatic carbocycles. The third-order valence-corrected chi connectivity index (χ3v) is 3.60. The van der Waals surface area contributed by atoms with Gasteiger partial charge in [-0.25, -0.2) is 4.39 Å². The van der Waals surface area contributed by atoms with Gasteiger partial charge in [-0.2, -0.15) is 0 Å². The molecular formula is C14H14BFO3S. The zero-order chi connectivity index (χ0) is 14.5. The molecule has 0 atom stereocenters. The van der Waals surface area contributed by atoms with E-state index in [0.717, 1.165) is 11.0 Å². The van der Waals surface area contributed by atoms with Gasteiger partial charge >= 0.3 is 7.12 Å². The Morgan fingerprint density at radius 2 is 1.95 bits per heavy atom. The Kier molecular flexibility index (Phi) is 5.06. The molecule has 0 saturated carbocycles. The fraction of sp³-hybridized carbons (Fsp3) is 0.143. The number of benzene rings is 2. The predicted molar refractivity (Wildman–Crippen MR) is 78.8 cm³/mol. The van der Waals surface area contributed by atoms with Crippen molar-refractivity contribution in [2.45, 2.75) is 11.5 Å². The van der Waals surface area contributed by atoms with Crippen molar-refractivity contribution in [2.75, 3.05) is 6.26 Å². The van der Waals surface area contributed by atoms with Crippen molar-refractivity contribution in [3.8, 4) is 5.75 Å². The molecule has 0 heterocycles. The van der Waals surface area contributed by atoms with Crippen LogP contribution in [0.1, 0.15) is 5.56 Å². The normalized spacial score (nSPS) is 10.4. The Morgan fingerprint density at radius 1 is 1.20 bits per heavy atom. The summed E-state index contributed by atoms with van der Waals surface area (Å²) in [6.45, 7) is 0.0885. The Hall–Kier alpha value is -1.50. The largest absolute Gasteiger partial charge is 0.488 e. The van der Waals surface area contributed by atoms with Crippen LogP contribution in [0, 0.1) is 5.82 Å². The van der Waals surface area contributed by atoms with Crippen LogP contribution in [0.2, 0.25) is 0 Å². The monoisotopic (exact) mass is 292 g/mol. The van der Waals surface area contributed by atoms with Crippen molar-refractivity contribution >= 4 is 24.3 Å². The average molecular weight is 292 g/mol. The maximum Gasteiger partial charge on any atom is 0.488 e. The number of hydrogen-bond donors (Lipinski definition) is 2. The molecule has 0 radical (unpaired) electrons. The van der Waals surface area contributed by atoms with E-state index in [0.29, 0.717) is 11.3 Å². The smallest absolute Gasteiger partial charge is 0.488 e. The first kappa shape index (κ1) is 14.9. The lowest BCUT2D eigenvalue weighted by Crippen LogP contribution is -2.30. The second kappa shape index (κ2) is 6.79. The van der Waals surface area contributed by atoms with Crippen molar-refractivity contribution in [2.24, 2.45) is 0 Å². The van der Waals surface area contributed by atoms with Gasteiger partial charge in [-0.3, -0.25) is 0 Å². The van der Waals surface area contributed by atoms with Crippen LogP contribution < -0.4 is 10.2 Å². The van der Waals surface area contributed by atoms with Crippen LogP contribution in [0.5, 0.6) is 5.75 Å². The minimum absolute atomic E-state index is 0.0885. The first-order valence-corrected chi connectivity index (χ1v) is 7.24. The molecule has 20 heavy (non-hydrogen) atoms. The summed E-state index contributed by atoms with van der Waals surface area (Å²) in [5.74, 6) is 0.183. The fourth-order valence-electron chi connectivity index (χ4n) is 1.73. The van der Waals surface area contributed by atoms with Crippen LogP contribution in [0.3, 0.4) is 0 Å². The fourth-order valence-corrected chi connectivity index (χ4v) is 2.28. The number of halogens is 1. The zero-order valence-electron chi connectivity index (χ0n) is 10.9. The molecule has 2 rings (SSSR count). The standard InChI is InChI=1S/C14H14BFO3S/c1-20-14-5-3-2-4-13(14)19-9-10-6-7-11(15(17)18)8-12(10)16/h2-8,17-18H,9H2,1H3. The van der Waals surface area contributed by atoms with Gasteiger partial charge in [0.25, 0.3) is 0 Å². The maximum atomic E-state index is 13.8. The predicted octanol–water partition coefficient (Wildman–Crippen LogP) is 1.81. The highest BCUT2D eigenvalue weighted by atomic mass is 32.2. The van der Waals surface area contributed by atoms with Crippen LogP contribution in [0.4, 0.5) is 4.39 Å². The summed E-state index contributed by atoms with van der Waals surface area (Å²) in [4.78, 5) is 0.982. The highest BCUT2D eigenvalue weighted by Crippen LogP contribution is 2.27. The zero-order valence-corrected chi connectivity index (χ0v) is 11.7. The van der Waals surface area contributed by atoms with Crippen LogP contribution in [0.15, 0.2) is 47.4 Å². The van der Waals surface area contributed by atoms with Gasteiger partial charge in [-0.1, -0.05) is 24.3 Å². The van der Waals surface area contributed by atoms with Crippen molar-refractivity contribution in [3.63, 3.8) is 0 Å². The maximum absolute atomic E-state index is 13.8. The van der Waals surface area contributed by atoms with Crippen LogP contribution in [-0.4, -0.2) is 23.4 Å². The molecule has 0 saturated heterocycles. The van der Waals surface area contributed by atoms with Gasteiger partial charge in [0.05, 0.1) is 0 Å². The van der Waals surface area contributed by atoms with Crippen molar-refractivity contribution in [3.05, 3.63) is 53.8 Å². The highest BCUT2D eigenvalue weighted by molar-refractivity contribution is 7.98. The van der Waals surface area contributed by atoms with E-state index in [-0.39, 0.29) is 12.1 Å². The third kappa shape index (κ3) is 3.53. The molecule has 0 fully saturated rings. The lowest BCUT2D eigenvalue weighted by Gasteiger charge is -2.11. The number of para-hydroxylation sites is 1. The highest BCUT2D eigenvalue weighted by Gasteiger charge is 2.14. The summed E-state index contributed by atoms with van der Waals surface area (Å²) in [7, 11) is -1.67. The SMILES string of the molecule is CSc1ccccc1OCc1ccc(B(O)O)cc1F. The molecule has 104 valence electrons. The van der Waals surface area contributed by atoms with Gasteiger partial charge in [0.1, 0.15) is 18.2 Å². The molecule has 0 spiro atoms. The first-order chi connectivity index (χ1) is 9.61. The Morgan fingerprint density at radius 3 is 2.60 bits per heavy atom. The molecule has 0 aromatic heterocycles. The van der Waals surface area contributed by atoms with Gasteiger partial charge in [-0.05, 0) is 29.9 Å². The van der Waals surface area contributed by atoms with Crippen molar-refractivity contribution < 1.29 is 19.2 Å². The molecule has 0 unspecified atom stereocenters. The van der Waals surface area contributed by atoms with E-state index >= 15 is 0 Å². The number of ether oxygens (including phenoxy) is 1. The Labute approximate surface area is 121 Å². The van der Waals surface area contributed by atoms with Gasteiger partial charge in [0.2, 0.25) is 0 Å². The molecule has 3 nitrogen and oxygen atoms in total. The van der Waals surface area contributed by atoms with Gasteiger partial charge in [-0.15, -0.1) is 11.8 Å². The summed E-state index contributed by atoms with van der Waals surface area (Å²) in [5.41, 5.74) is 0.487. The molecule has 0 aliphatic heterocycles. The summed E-state index contributed by atoms with van der Waals surface area (Å²) in [6, 6.07) is 11.6. The number of hydrogen-bond acceptors (Lipinski definition) is 4. The van der Waals surface area contributed by atoms with E-state index in [1.54, 1.807) is 11.8 Å². The molecule has 0 aliphatic rings. The van der Waals surface area contributed by atoms with E-state index in [1.165, 1.54) is 12.1 Å². The third-order valence-electron chi connectivity index (χ3n) is 2.83. The summed E-state index contributed by atoms with van der Waals surface area (Å²) < 4.78 is 19.4. The van der Waals surface area contributed by atoms with E-state index in [1.807, 2.05) is 30.5 Å². The molecular weight excluding hydrogens is 278 g/mol. The molecule has 0 aliphatic carbocycles. The second-order valence-electron chi connectivity index (χ2n) is 4.16. The first-order valence-electron chi connectivity index (χ1n) is 6.02. The number of rotatable bonds is 5. The van der Waals surface area contributed by atoms with Crippen LogP contribution in [-0.2, 0) is 6.61 Å². The lowest BCUT2D eigenvalue weighted by atomic mass is 9.80. The topological polar surface area (TPSA) is 49.7 Å². The molecule has 2 N–H and O–H groups in total.